The first-order valence-corrected chi connectivity index (χ1v) is 6.14. The van der Waals surface area contributed by atoms with E-state index in [9.17, 15) is 9.18 Å². The number of fused-ring (bicyclic) bond motifs is 1. The number of halogens is 1. The van der Waals surface area contributed by atoms with Gasteiger partial charge in [0, 0.05) is 11.8 Å². The molecule has 106 valence electrons. The van der Waals surface area contributed by atoms with Gasteiger partial charge in [-0.25, -0.2) is 14.2 Å². The van der Waals surface area contributed by atoms with Crippen molar-refractivity contribution >= 4 is 11.6 Å². The van der Waals surface area contributed by atoms with Crippen LogP contribution in [0.15, 0.2) is 42.7 Å². The molecule has 0 bridgehead atoms. The standard InChI is InChI=1S/C15H11FN2O3/c1-21-13-3-2-10(16)7-11(13)12-8-17-14-6-9(15(19)20)4-5-18(12)14/h2-8H,1H3,(H,19,20). The third-order valence-corrected chi connectivity index (χ3v) is 3.20. The monoisotopic (exact) mass is 286 g/mol. The third kappa shape index (κ3) is 2.20. The number of aromatic nitrogens is 2. The van der Waals surface area contributed by atoms with Crippen LogP contribution in [0.4, 0.5) is 4.39 Å². The van der Waals surface area contributed by atoms with E-state index in [4.69, 9.17) is 9.84 Å². The first kappa shape index (κ1) is 13.1. The van der Waals surface area contributed by atoms with E-state index in [0.29, 0.717) is 22.7 Å². The summed E-state index contributed by atoms with van der Waals surface area (Å²) >= 11 is 0. The SMILES string of the molecule is COc1ccc(F)cc1-c1cnc2cc(C(=O)O)ccn12. The molecule has 3 aromatic rings. The first-order chi connectivity index (χ1) is 10.1. The van der Waals surface area contributed by atoms with E-state index in [1.165, 1.54) is 37.4 Å². The lowest BCUT2D eigenvalue weighted by atomic mass is 10.1. The molecule has 0 saturated carbocycles. The van der Waals surface area contributed by atoms with Crippen molar-refractivity contribution < 1.29 is 19.0 Å². The van der Waals surface area contributed by atoms with Crippen molar-refractivity contribution in [3.05, 3.63) is 54.1 Å². The quantitative estimate of drug-likeness (QED) is 0.804. The Balaban J connectivity index is 2.22. The second-order valence-corrected chi connectivity index (χ2v) is 4.44. The fourth-order valence-electron chi connectivity index (χ4n) is 2.19. The number of carboxylic acids is 1. The zero-order valence-electron chi connectivity index (χ0n) is 11.1. The van der Waals surface area contributed by atoms with Gasteiger partial charge in [-0.3, -0.25) is 4.40 Å². The minimum atomic E-state index is -1.02. The highest BCUT2D eigenvalue weighted by Gasteiger charge is 2.13. The van der Waals surface area contributed by atoms with E-state index < -0.39 is 5.97 Å². The van der Waals surface area contributed by atoms with Crippen LogP contribution in [0.5, 0.6) is 5.75 Å². The van der Waals surface area contributed by atoms with Crippen molar-refractivity contribution in [2.45, 2.75) is 0 Å². The zero-order chi connectivity index (χ0) is 15.0. The van der Waals surface area contributed by atoms with Crippen LogP contribution >= 0.6 is 0 Å². The Bertz CT molecular complexity index is 842. The van der Waals surface area contributed by atoms with E-state index >= 15 is 0 Å². The minimum absolute atomic E-state index is 0.144. The van der Waals surface area contributed by atoms with E-state index in [1.54, 1.807) is 16.8 Å². The summed E-state index contributed by atoms with van der Waals surface area (Å²) in [5.41, 5.74) is 1.79. The topological polar surface area (TPSA) is 63.8 Å². The van der Waals surface area contributed by atoms with Gasteiger partial charge in [-0.15, -0.1) is 0 Å². The van der Waals surface area contributed by atoms with Gasteiger partial charge in [-0.05, 0) is 30.3 Å². The Morgan fingerprint density at radius 2 is 2.14 bits per heavy atom. The average Bonchev–Trinajstić information content (AvgIpc) is 2.89. The fraction of sp³-hybridized carbons (Fsp3) is 0.0667. The van der Waals surface area contributed by atoms with Crippen LogP contribution in [-0.2, 0) is 0 Å². The van der Waals surface area contributed by atoms with Crippen LogP contribution < -0.4 is 4.74 Å². The van der Waals surface area contributed by atoms with Gasteiger partial charge in [-0.1, -0.05) is 0 Å². The van der Waals surface area contributed by atoms with Crippen LogP contribution in [0.2, 0.25) is 0 Å². The Morgan fingerprint density at radius 3 is 2.86 bits per heavy atom. The molecular weight excluding hydrogens is 275 g/mol. The van der Waals surface area contributed by atoms with Crippen molar-refractivity contribution in [3.63, 3.8) is 0 Å². The number of benzene rings is 1. The van der Waals surface area contributed by atoms with Crippen LogP contribution in [0.25, 0.3) is 16.9 Å². The maximum absolute atomic E-state index is 13.5. The highest BCUT2D eigenvalue weighted by atomic mass is 19.1. The largest absolute Gasteiger partial charge is 0.496 e. The van der Waals surface area contributed by atoms with Gasteiger partial charge < -0.3 is 9.84 Å². The molecule has 0 aliphatic carbocycles. The van der Waals surface area contributed by atoms with E-state index in [0.717, 1.165) is 0 Å². The summed E-state index contributed by atoms with van der Waals surface area (Å²) in [5, 5.41) is 8.98. The molecule has 0 saturated heterocycles. The smallest absolute Gasteiger partial charge is 0.335 e. The number of imidazole rings is 1. The third-order valence-electron chi connectivity index (χ3n) is 3.20. The van der Waals surface area contributed by atoms with Gasteiger partial charge in [-0.2, -0.15) is 0 Å². The molecule has 0 amide bonds. The van der Waals surface area contributed by atoms with Gasteiger partial charge in [0.2, 0.25) is 0 Å². The Kier molecular flexibility index (Phi) is 3.06. The van der Waals surface area contributed by atoms with E-state index in [1.807, 2.05) is 0 Å². The van der Waals surface area contributed by atoms with Gasteiger partial charge in [0.05, 0.1) is 24.6 Å². The molecule has 6 heteroatoms. The van der Waals surface area contributed by atoms with E-state index in [2.05, 4.69) is 4.98 Å². The number of aromatic carboxylic acids is 1. The number of hydrogen-bond donors (Lipinski definition) is 1. The number of pyridine rings is 1. The highest BCUT2D eigenvalue weighted by Crippen LogP contribution is 2.31. The zero-order valence-corrected chi connectivity index (χ0v) is 11.1. The maximum atomic E-state index is 13.5. The number of nitrogens with zero attached hydrogens (tertiary/aromatic N) is 2. The maximum Gasteiger partial charge on any atom is 0.335 e. The number of rotatable bonds is 3. The molecule has 1 aromatic carbocycles. The van der Waals surface area contributed by atoms with Gasteiger partial charge in [0.1, 0.15) is 17.2 Å². The number of ether oxygens (including phenoxy) is 1. The number of carboxylic acid groups (broad SMARTS) is 1. The predicted octanol–water partition coefficient (Wildman–Crippen LogP) is 2.85. The Hall–Kier alpha value is -2.89. The summed E-state index contributed by atoms with van der Waals surface area (Å²) in [6, 6.07) is 7.13. The van der Waals surface area contributed by atoms with Gasteiger partial charge >= 0.3 is 5.97 Å². The van der Waals surface area contributed by atoms with Crippen LogP contribution in [0, 0.1) is 5.82 Å². The summed E-state index contributed by atoms with van der Waals surface area (Å²) in [7, 11) is 1.50. The van der Waals surface area contributed by atoms with Crippen LogP contribution in [-0.4, -0.2) is 27.6 Å². The number of methoxy groups -OCH3 is 1. The molecule has 3 rings (SSSR count). The van der Waals surface area contributed by atoms with Crippen LogP contribution in [0.3, 0.4) is 0 Å². The molecule has 0 unspecified atom stereocenters. The summed E-state index contributed by atoms with van der Waals surface area (Å²) in [4.78, 5) is 15.1. The summed E-state index contributed by atoms with van der Waals surface area (Å²) in [6.45, 7) is 0. The molecule has 0 fully saturated rings. The van der Waals surface area contributed by atoms with E-state index in [-0.39, 0.29) is 11.4 Å². The lowest BCUT2D eigenvalue weighted by Gasteiger charge is -2.08. The molecule has 0 spiro atoms. The molecule has 0 atom stereocenters. The molecule has 2 heterocycles. The molecule has 0 radical (unpaired) electrons. The fourth-order valence-corrected chi connectivity index (χ4v) is 2.19. The molecule has 2 aromatic heterocycles. The normalized spacial score (nSPS) is 10.8. The lowest BCUT2D eigenvalue weighted by molar-refractivity contribution is 0.0697. The minimum Gasteiger partial charge on any atom is -0.496 e. The second kappa shape index (κ2) is 4.90. The van der Waals surface area contributed by atoms with Crippen LogP contribution in [0.1, 0.15) is 10.4 Å². The number of hydrogen-bond acceptors (Lipinski definition) is 3. The van der Waals surface area contributed by atoms with Crippen molar-refractivity contribution in [1.82, 2.24) is 9.38 Å². The predicted molar refractivity (Wildman–Crippen MR) is 74.1 cm³/mol. The van der Waals surface area contributed by atoms with Crippen molar-refractivity contribution in [2.24, 2.45) is 0 Å². The molecule has 0 aliphatic heterocycles. The first-order valence-electron chi connectivity index (χ1n) is 6.14. The van der Waals surface area contributed by atoms with Gasteiger partial charge in [0.25, 0.3) is 0 Å². The Labute approximate surface area is 119 Å². The summed E-state index contributed by atoms with van der Waals surface area (Å²) in [5.74, 6) is -0.895. The summed E-state index contributed by atoms with van der Waals surface area (Å²) in [6.07, 6.45) is 3.14. The van der Waals surface area contributed by atoms with Gasteiger partial charge in [0.15, 0.2) is 0 Å². The van der Waals surface area contributed by atoms with Crippen molar-refractivity contribution in [1.29, 1.82) is 0 Å². The summed E-state index contributed by atoms with van der Waals surface area (Å²) < 4.78 is 20.4. The second-order valence-electron chi connectivity index (χ2n) is 4.44. The Morgan fingerprint density at radius 1 is 1.33 bits per heavy atom. The van der Waals surface area contributed by atoms with Crippen molar-refractivity contribution in [3.8, 4) is 17.0 Å². The molecule has 1 N–H and O–H groups in total. The average molecular weight is 286 g/mol. The molecule has 21 heavy (non-hydrogen) atoms. The highest BCUT2D eigenvalue weighted by molar-refractivity contribution is 5.89. The molecule has 0 aliphatic rings. The molecular formula is C15H11FN2O3. The number of carbonyl (C=O) groups is 1. The van der Waals surface area contributed by atoms with Crippen molar-refractivity contribution in [2.75, 3.05) is 7.11 Å². The molecule has 5 nitrogen and oxygen atoms in total. The lowest BCUT2D eigenvalue weighted by Crippen LogP contribution is -1.98.